The number of hydrogen-bond acceptors (Lipinski definition) is 7. The van der Waals surface area contributed by atoms with Crippen LogP contribution in [0.2, 0.25) is 0 Å². The average Bonchev–Trinajstić information content (AvgIpc) is 2.57. The van der Waals surface area contributed by atoms with E-state index in [0.717, 1.165) is 11.8 Å². The third-order valence-electron chi connectivity index (χ3n) is 2.88. The van der Waals surface area contributed by atoms with Crippen LogP contribution in [0.4, 0.5) is 0 Å². The third-order valence-corrected chi connectivity index (χ3v) is 3.83. The van der Waals surface area contributed by atoms with Gasteiger partial charge in [0, 0.05) is 9.79 Å². The van der Waals surface area contributed by atoms with E-state index in [4.69, 9.17) is 21.0 Å². The summed E-state index contributed by atoms with van der Waals surface area (Å²) in [7, 11) is 0. The molecule has 0 aliphatic heterocycles. The molecule has 2 aromatic carbocycles. The van der Waals surface area contributed by atoms with Crippen LogP contribution in [-0.2, 0) is 0 Å². The summed E-state index contributed by atoms with van der Waals surface area (Å²) in [4.78, 5) is 0.962. The summed E-state index contributed by atoms with van der Waals surface area (Å²) in [6.45, 7) is 0. The number of phenols is 2. The smallest absolute Gasteiger partial charge is 0.151 e. The molecule has 0 radical (unpaired) electrons. The van der Waals surface area contributed by atoms with Gasteiger partial charge in [0.1, 0.15) is 24.3 Å². The maximum atomic E-state index is 9.71. The van der Waals surface area contributed by atoms with E-state index < -0.39 is 0 Å². The molecule has 0 atom stereocenters. The van der Waals surface area contributed by atoms with Gasteiger partial charge >= 0.3 is 0 Å². The maximum absolute atomic E-state index is 9.71. The SMILES string of the molecule is N#Cc1cc(Sc2cc(C#N)c(O)c(C#N)c2)cc(C#N)c1O. The van der Waals surface area contributed by atoms with Gasteiger partial charge in [0.25, 0.3) is 0 Å². The fourth-order valence-corrected chi connectivity index (χ4v) is 2.79. The number of aromatic hydroxyl groups is 2. The molecule has 0 spiro atoms. The summed E-state index contributed by atoms with van der Waals surface area (Å²) in [5, 5.41) is 55.3. The first-order valence-electron chi connectivity index (χ1n) is 6.06. The van der Waals surface area contributed by atoms with E-state index in [2.05, 4.69) is 0 Å². The summed E-state index contributed by atoms with van der Waals surface area (Å²) in [5.41, 5.74) is -0.199. The van der Waals surface area contributed by atoms with Crippen molar-refractivity contribution in [2.75, 3.05) is 0 Å². The van der Waals surface area contributed by atoms with Crippen molar-refractivity contribution in [1.82, 2.24) is 0 Å². The van der Waals surface area contributed by atoms with Crippen molar-refractivity contribution < 1.29 is 10.2 Å². The number of benzene rings is 2. The highest BCUT2D eigenvalue weighted by Crippen LogP contribution is 2.36. The lowest BCUT2D eigenvalue weighted by atomic mass is 10.1. The van der Waals surface area contributed by atoms with Crippen LogP contribution in [0.25, 0.3) is 0 Å². The first-order chi connectivity index (χ1) is 11.0. The monoisotopic (exact) mass is 318 g/mol. The Morgan fingerprint density at radius 1 is 0.609 bits per heavy atom. The number of nitriles is 4. The van der Waals surface area contributed by atoms with Crippen molar-refractivity contribution in [1.29, 1.82) is 21.0 Å². The van der Waals surface area contributed by atoms with Crippen LogP contribution in [0.5, 0.6) is 11.5 Å². The van der Waals surface area contributed by atoms with Crippen LogP contribution in [0.15, 0.2) is 34.1 Å². The minimum Gasteiger partial charge on any atom is -0.505 e. The van der Waals surface area contributed by atoms with Gasteiger partial charge in [-0.1, -0.05) is 11.8 Å². The molecular weight excluding hydrogens is 312 g/mol. The molecule has 6 nitrogen and oxygen atoms in total. The van der Waals surface area contributed by atoms with Crippen molar-refractivity contribution in [3.05, 3.63) is 46.5 Å². The molecule has 2 rings (SSSR count). The average molecular weight is 318 g/mol. The zero-order valence-electron chi connectivity index (χ0n) is 11.4. The Morgan fingerprint density at radius 3 is 1.09 bits per heavy atom. The van der Waals surface area contributed by atoms with Crippen molar-refractivity contribution in [3.63, 3.8) is 0 Å². The fourth-order valence-electron chi connectivity index (χ4n) is 1.81. The van der Waals surface area contributed by atoms with Gasteiger partial charge in [-0.2, -0.15) is 21.0 Å². The second-order valence-electron chi connectivity index (χ2n) is 4.28. The highest BCUT2D eigenvalue weighted by molar-refractivity contribution is 7.99. The largest absolute Gasteiger partial charge is 0.505 e. The fraction of sp³-hybridized carbons (Fsp3) is 0. The summed E-state index contributed by atoms with van der Waals surface area (Å²) >= 11 is 1.10. The maximum Gasteiger partial charge on any atom is 0.151 e. The van der Waals surface area contributed by atoms with E-state index in [9.17, 15) is 10.2 Å². The number of rotatable bonds is 2. The second kappa shape index (κ2) is 6.41. The standard InChI is InChI=1S/C16H6N4O2S/c17-5-9-1-13(2-10(6-18)15(9)21)23-14-3-11(7-19)16(22)12(4-14)8-20/h1-4,21-22H. The number of nitrogens with zero attached hydrogens (tertiary/aromatic N) is 4. The van der Waals surface area contributed by atoms with Crippen LogP contribution >= 0.6 is 11.8 Å². The minimum absolute atomic E-state index is 0.0497. The zero-order valence-corrected chi connectivity index (χ0v) is 12.2. The number of hydrogen-bond donors (Lipinski definition) is 2. The zero-order chi connectivity index (χ0) is 17.0. The van der Waals surface area contributed by atoms with E-state index >= 15 is 0 Å². The highest BCUT2D eigenvalue weighted by atomic mass is 32.2. The van der Waals surface area contributed by atoms with E-state index in [1.54, 1.807) is 24.3 Å². The van der Waals surface area contributed by atoms with Gasteiger partial charge in [-0.25, -0.2) is 0 Å². The Hall–Kier alpha value is -3.65. The molecule has 0 aliphatic carbocycles. The molecule has 0 saturated heterocycles. The molecule has 0 amide bonds. The Morgan fingerprint density at radius 2 is 0.870 bits per heavy atom. The van der Waals surface area contributed by atoms with Crippen LogP contribution in [0.1, 0.15) is 22.3 Å². The van der Waals surface area contributed by atoms with E-state index in [-0.39, 0.29) is 33.8 Å². The van der Waals surface area contributed by atoms with Crippen molar-refractivity contribution >= 4 is 11.8 Å². The van der Waals surface area contributed by atoms with Crippen molar-refractivity contribution in [3.8, 4) is 35.8 Å². The summed E-state index contributed by atoms with van der Waals surface area (Å²) in [6.07, 6.45) is 0. The highest BCUT2D eigenvalue weighted by Gasteiger charge is 2.13. The first-order valence-corrected chi connectivity index (χ1v) is 6.88. The molecule has 0 heterocycles. The second-order valence-corrected chi connectivity index (χ2v) is 5.43. The molecule has 0 aromatic heterocycles. The Bertz CT molecular complexity index is 822. The Labute approximate surface area is 135 Å². The van der Waals surface area contributed by atoms with Crippen LogP contribution in [0.3, 0.4) is 0 Å². The lowest BCUT2D eigenvalue weighted by molar-refractivity contribution is 0.471. The van der Waals surface area contributed by atoms with Gasteiger partial charge in [-0.05, 0) is 24.3 Å². The van der Waals surface area contributed by atoms with Gasteiger partial charge in [-0.3, -0.25) is 0 Å². The summed E-state index contributed by atoms with van der Waals surface area (Å²) < 4.78 is 0. The van der Waals surface area contributed by atoms with Gasteiger partial charge < -0.3 is 10.2 Å². The van der Waals surface area contributed by atoms with E-state index in [1.165, 1.54) is 24.3 Å². The minimum atomic E-state index is -0.388. The van der Waals surface area contributed by atoms with Crippen molar-refractivity contribution in [2.24, 2.45) is 0 Å². The molecule has 0 fully saturated rings. The van der Waals surface area contributed by atoms with Gasteiger partial charge in [-0.15, -0.1) is 0 Å². The lowest BCUT2D eigenvalue weighted by Gasteiger charge is -2.07. The van der Waals surface area contributed by atoms with Crippen LogP contribution < -0.4 is 0 Å². The predicted molar refractivity (Wildman–Crippen MR) is 79.2 cm³/mol. The normalized spacial score (nSPS) is 9.22. The molecule has 0 saturated carbocycles. The third kappa shape index (κ3) is 3.01. The lowest BCUT2D eigenvalue weighted by Crippen LogP contribution is -1.87. The molecule has 0 aliphatic rings. The molecule has 0 unspecified atom stereocenters. The van der Waals surface area contributed by atoms with Crippen LogP contribution in [0, 0.1) is 45.3 Å². The number of phenolic OH excluding ortho intramolecular Hbond substituents is 2. The molecule has 108 valence electrons. The molecule has 0 bridgehead atoms. The Balaban J connectivity index is 2.53. The molecule has 2 N–H and O–H groups in total. The molecule has 2 aromatic rings. The first kappa shape index (κ1) is 15.7. The van der Waals surface area contributed by atoms with Crippen molar-refractivity contribution in [2.45, 2.75) is 9.79 Å². The van der Waals surface area contributed by atoms with E-state index in [1.807, 2.05) is 0 Å². The summed E-state index contributed by atoms with van der Waals surface area (Å²) in [6, 6.07) is 12.7. The molecular formula is C16H6N4O2S. The summed E-state index contributed by atoms with van der Waals surface area (Å²) in [5.74, 6) is -0.777. The van der Waals surface area contributed by atoms with E-state index in [0.29, 0.717) is 9.79 Å². The van der Waals surface area contributed by atoms with Crippen LogP contribution in [-0.4, -0.2) is 10.2 Å². The van der Waals surface area contributed by atoms with Gasteiger partial charge in [0.2, 0.25) is 0 Å². The van der Waals surface area contributed by atoms with Gasteiger partial charge in [0.05, 0.1) is 22.3 Å². The molecule has 23 heavy (non-hydrogen) atoms. The van der Waals surface area contributed by atoms with Gasteiger partial charge in [0.15, 0.2) is 11.5 Å². The predicted octanol–water partition coefficient (Wildman–Crippen LogP) is 2.74. The topological polar surface area (TPSA) is 136 Å². The quantitative estimate of drug-likeness (QED) is 0.868. The molecule has 7 heteroatoms. The Kier molecular flexibility index (Phi) is 4.39.